The normalized spacial score (nSPS) is 12.4. The number of nitrogens with zero attached hydrogens (tertiary/aromatic N) is 2. The summed E-state index contributed by atoms with van der Waals surface area (Å²) in [7, 11) is 1.80. The minimum Gasteiger partial charge on any atom is -0.361 e. The third kappa shape index (κ3) is 7.57. The Morgan fingerprint density at radius 1 is 1.23 bits per heavy atom. The van der Waals surface area contributed by atoms with Gasteiger partial charge in [-0.15, -0.1) is 35.7 Å². The predicted molar refractivity (Wildman–Crippen MR) is 121 cm³/mol. The fraction of sp³-hybridized carbons (Fsp3) is 0.474. The van der Waals surface area contributed by atoms with Gasteiger partial charge in [-0.1, -0.05) is 30.3 Å². The number of guanidine groups is 1. The fourth-order valence-electron chi connectivity index (χ4n) is 2.56. The van der Waals surface area contributed by atoms with Crippen LogP contribution >= 0.6 is 35.7 Å². The van der Waals surface area contributed by atoms with Crippen LogP contribution in [0.5, 0.6) is 0 Å². The highest BCUT2D eigenvalue weighted by molar-refractivity contribution is 14.0. The molecule has 2 aromatic rings. The first-order valence-electron chi connectivity index (χ1n) is 8.68. The maximum Gasteiger partial charge on any atom is 0.191 e. The van der Waals surface area contributed by atoms with E-state index >= 15 is 0 Å². The molecule has 2 N–H and O–H groups in total. The van der Waals surface area contributed by atoms with Gasteiger partial charge in [-0.2, -0.15) is 0 Å². The Balaban J connectivity index is 0.00000338. The third-order valence-corrected chi connectivity index (χ3v) is 5.05. The molecule has 0 bridgehead atoms. The van der Waals surface area contributed by atoms with Gasteiger partial charge in [0, 0.05) is 35.8 Å². The number of aryl methyl sites for hydroxylation is 2. The van der Waals surface area contributed by atoms with Gasteiger partial charge >= 0.3 is 0 Å². The number of halogens is 1. The third-order valence-electron chi connectivity index (χ3n) is 3.94. The van der Waals surface area contributed by atoms with Crippen molar-refractivity contribution < 1.29 is 4.52 Å². The van der Waals surface area contributed by atoms with Gasteiger partial charge in [-0.05, 0) is 38.8 Å². The van der Waals surface area contributed by atoms with Crippen molar-refractivity contribution in [3.05, 3.63) is 47.3 Å². The Morgan fingerprint density at radius 3 is 2.58 bits per heavy atom. The molecule has 0 spiro atoms. The first kappa shape index (κ1) is 22.8. The van der Waals surface area contributed by atoms with Gasteiger partial charge in [0.2, 0.25) is 0 Å². The molecule has 0 aliphatic carbocycles. The molecule has 0 saturated carbocycles. The Labute approximate surface area is 177 Å². The van der Waals surface area contributed by atoms with Crippen LogP contribution in [0.25, 0.3) is 0 Å². The topological polar surface area (TPSA) is 62.5 Å². The lowest BCUT2D eigenvalue weighted by molar-refractivity contribution is 0.392. The summed E-state index contributed by atoms with van der Waals surface area (Å²) in [5.41, 5.74) is 2.21. The molecule has 5 nitrogen and oxygen atoms in total. The molecule has 26 heavy (non-hydrogen) atoms. The van der Waals surface area contributed by atoms with Gasteiger partial charge in [0.25, 0.3) is 0 Å². The number of thioether (sulfide) groups is 1. The summed E-state index contributed by atoms with van der Waals surface area (Å²) in [4.78, 5) is 5.58. The van der Waals surface area contributed by atoms with E-state index in [4.69, 9.17) is 4.52 Å². The molecule has 0 radical (unpaired) electrons. The second kappa shape index (κ2) is 12.2. The summed E-state index contributed by atoms with van der Waals surface area (Å²) in [6.07, 6.45) is 1.98. The highest BCUT2D eigenvalue weighted by Gasteiger charge is 2.09. The first-order valence-corrected chi connectivity index (χ1v) is 9.56. The number of aliphatic imine (C=N–C) groups is 1. The molecule has 1 heterocycles. The highest BCUT2D eigenvalue weighted by Crippen LogP contribution is 2.21. The summed E-state index contributed by atoms with van der Waals surface area (Å²) in [5.74, 6) is 1.77. The van der Waals surface area contributed by atoms with E-state index < -0.39 is 0 Å². The SMILES string of the molecule is CN=C(NCCCc1c(C)noc1C)NCC(C)Sc1ccccc1.I. The summed E-state index contributed by atoms with van der Waals surface area (Å²) in [5, 5.41) is 11.2. The van der Waals surface area contributed by atoms with Crippen LogP contribution in [0.15, 0.2) is 44.7 Å². The lowest BCUT2D eigenvalue weighted by Gasteiger charge is -2.16. The molecule has 2 rings (SSSR count). The van der Waals surface area contributed by atoms with Crippen LogP contribution < -0.4 is 10.6 Å². The highest BCUT2D eigenvalue weighted by atomic mass is 127. The molecule has 1 aromatic carbocycles. The Hall–Kier alpha value is -1.22. The van der Waals surface area contributed by atoms with E-state index in [9.17, 15) is 0 Å². The number of hydrogen-bond donors (Lipinski definition) is 2. The first-order chi connectivity index (χ1) is 12.1. The summed E-state index contributed by atoms with van der Waals surface area (Å²) >= 11 is 1.86. The van der Waals surface area contributed by atoms with Gasteiger partial charge in [-0.25, -0.2) is 0 Å². The van der Waals surface area contributed by atoms with E-state index in [2.05, 4.69) is 52.0 Å². The zero-order valence-corrected chi connectivity index (χ0v) is 19.1. The minimum atomic E-state index is 0. The summed E-state index contributed by atoms with van der Waals surface area (Å²) in [6, 6.07) is 10.5. The second-order valence-electron chi connectivity index (χ2n) is 6.03. The van der Waals surface area contributed by atoms with Crippen molar-refractivity contribution in [2.45, 2.75) is 43.8 Å². The van der Waals surface area contributed by atoms with Crippen LogP contribution in [-0.2, 0) is 6.42 Å². The Bertz CT molecular complexity index is 656. The molecule has 0 fully saturated rings. The molecular formula is C19H29IN4OS. The van der Waals surface area contributed by atoms with Gasteiger partial charge in [0.1, 0.15) is 5.76 Å². The molecule has 1 unspecified atom stereocenters. The number of rotatable bonds is 8. The van der Waals surface area contributed by atoms with Crippen LogP contribution in [0.4, 0.5) is 0 Å². The van der Waals surface area contributed by atoms with Gasteiger partial charge < -0.3 is 15.2 Å². The van der Waals surface area contributed by atoms with Gasteiger partial charge in [0.15, 0.2) is 5.96 Å². The molecular weight excluding hydrogens is 459 g/mol. The molecule has 1 aromatic heterocycles. The van der Waals surface area contributed by atoms with Crippen LogP contribution in [0.2, 0.25) is 0 Å². The average molecular weight is 488 g/mol. The van der Waals surface area contributed by atoms with Crippen molar-refractivity contribution >= 4 is 41.7 Å². The van der Waals surface area contributed by atoms with Crippen molar-refractivity contribution in [1.29, 1.82) is 0 Å². The zero-order valence-electron chi connectivity index (χ0n) is 15.9. The molecule has 7 heteroatoms. The van der Waals surface area contributed by atoms with E-state index in [0.29, 0.717) is 5.25 Å². The van der Waals surface area contributed by atoms with Gasteiger partial charge in [-0.3, -0.25) is 4.99 Å². The van der Waals surface area contributed by atoms with Gasteiger partial charge in [0.05, 0.1) is 5.69 Å². The number of hydrogen-bond acceptors (Lipinski definition) is 4. The maximum atomic E-state index is 5.20. The molecule has 1 atom stereocenters. The molecule has 0 saturated heterocycles. The average Bonchev–Trinajstić information content (AvgIpc) is 2.93. The van der Waals surface area contributed by atoms with E-state index in [-0.39, 0.29) is 24.0 Å². The van der Waals surface area contributed by atoms with Crippen LogP contribution in [-0.4, -0.2) is 36.5 Å². The lowest BCUT2D eigenvalue weighted by atomic mass is 10.1. The molecule has 0 aliphatic rings. The minimum absolute atomic E-state index is 0. The van der Waals surface area contributed by atoms with Crippen molar-refractivity contribution in [3.8, 4) is 0 Å². The van der Waals surface area contributed by atoms with E-state index in [1.54, 1.807) is 7.05 Å². The smallest absolute Gasteiger partial charge is 0.191 e. The molecule has 144 valence electrons. The van der Waals surface area contributed by atoms with E-state index in [0.717, 1.165) is 43.3 Å². The fourth-order valence-corrected chi connectivity index (χ4v) is 3.51. The quantitative estimate of drug-likeness (QED) is 0.192. The molecule has 0 amide bonds. The lowest BCUT2D eigenvalue weighted by Crippen LogP contribution is -2.40. The number of aromatic nitrogens is 1. The number of nitrogens with one attached hydrogen (secondary N) is 2. The van der Waals surface area contributed by atoms with Crippen LogP contribution in [0, 0.1) is 13.8 Å². The monoisotopic (exact) mass is 488 g/mol. The maximum absolute atomic E-state index is 5.20. The van der Waals surface area contributed by atoms with Crippen molar-refractivity contribution in [1.82, 2.24) is 15.8 Å². The second-order valence-corrected chi connectivity index (χ2v) is 7.54. The van der Waals surface area contributed by atoms with Crippen molar-refractivity contribution in [3.63, 3.8) is 0 Å². The van der Waals surface area contributed by atoms with E-state index in [1.165, 1.54) is 10.5 Å². The zero-order chi connectivity index (χ0) is 18.1. The standard InChI is InChI=1S/C19H28N4OS.HI/c1-14(25-17-9-6-5-7-10-17)13-22-19(20-4)21-12-8-11-18-15(2)23-24-16(18)3;/h5-7,9-10,14H,8,11-13H2,1-4H3,(H2,20,21,22);1H. The van der Waals surface area contributed by atoms with Crippen molar-refractivity contribution in [2.24, 2.45) is 4.99 Å². The Kier molecular flexibility index (Phi) is 10.7. The molecule has 0 aliphatic heterocycles. The summed E-state index contributed by atoms with van der Waals surface area (Å²) < 4.78 is 5.20. The predicted octanol–water partition coefficient (Wildman–Crippen LogP) is 4.19. The Morgan fingerprint density at radius 2 is 1.96 bits per heavy atom. The van der Waals surface area contributed by atoms with Crippen LogP contribution in [0.3, 0.4) is 0 Å². The van der Waals surface area contributed by atoms with E-state index in [1.807, 2.05) is 31.7 Å². The van der Waals surface area contributed by atoms with Crippen LogP contribution in [0.1, 0.15) is 30.4 Å². The number of benzene rings is 1. The summed E-state index contributed by atoms with van der Waals surface area (Å²) in [6.45, 7) is 7.91. The van der Waals surface area contributed by atoms with Crippen molar-refractivity contribution in [2.75, 3.05) is 20.1 Å². The largest absolute Gasteiger partial charge is 0.361 e.